The van der Waals surface area contributed by atoms with Crippen molar-refractivity contribution in [3.05, 3.63) is 48.8 Å². The Kier molecular flexibility index (Phi) is 1.86. The van der Waals surface area contributed by atoms with E-state index in [4.69, 9.17) is 0 Å². The molecule has 0 atom stereocenters. The van der Waals surface area contributed by atoms with Gasteiger partial charge in [0.15, 0.2) is 0 Å². The average Bonchev–Trinajstić information content (AvgIpc) is 2.76. The number of para-hydroxylation sites is 1. The van der Waals surface area contributed by atoms with Crippen LogP contribution in [0.25, 0.3) is 16.6 Å². The predicted molar refractivity (Wildman–Crippen MR) is 60.1 cm³/mol. The summed E-state index contributed by atoms with van der Waals surface area (Å²) < 4.78 is 1.68. The molecule has 1 N–H and O–H groups in total. The number of hydrogen-bond donors (Lipinski definition) is 1. The molecular formula is C12H9N3O. The zero-order valence-electron chi connectivity index (χ0n) is 8.41. The minimum absolute atomic E-state index is 0.277. The molecule has 78 valence electrons. The van der Waals surface area contributed by atoms with Gasteiger partial charge in [0.2, 0.25) is 0 Å². The van der Waals surface area contributed by atoms with E-state index >= 15 is 0 Å². The lowest BCUT2D eigenvalue weighted by Crippen LogP contribution is -1.87. The van der Waals surface area contributed by atoms with Gasteiger partial charge in [0.1, 0.15) is 5.75 Å². The summed E-state index contributed by atoms with van der Waals surface area (Å²) in [4.78, 5) is 0. The highest BCUT2D eigenvalue weighted by Crippen LogP contribution is 2.28. The second-order valence-corrected chi connectivity index (χ2v) is 3.54. The van der Waals surface area contributed by atoms with Crippen molar-refractivity contribution in [2.24, 2.45) is 0 Å². The Labute approximate surface area is 91.8 Å². The first-order valence-corrected chi connectivity index (χ1v) is 4.93. The molecule has 0 aliphatic rings. The van der Waals surface area contributed by atoms with Gasteiger partial charge in [-0.1, -0.05) is 23.4 Å². The number of aromatic hydroxyl groups is 1. The normalized spacial score (nSPS) is 10.8. The SMILES string of the molecule is Oc1ccccc1-c1ccn2nncc2c1. The maximum absolute atomic E-state index is 9.75. The van der Waals surface area contributed by atoms with Crippen LogP contribution in [-0.4, -0.2) is 19.9 Å². The third-order valence-corrected chi connectivity index (χ3v) is 2.52. The molecule has 3 rings (SSSR count). The van der Waals surface area contributed by atoms with Crippen LogP contribution in [-0.2, 0) is 0 Å². The van der Waals surface area contributed by atoms with Crippen LogP contribution in [0, 0.1) is 0 Å². The van der Waals surface area contributed by atoms with Gasteiger partial charge in [-0.2, -0.15) is 0 Å². The molecule has 0 amide bonds. The molecule has 4 nitrogen and oxygen atoms in total. The van der Waals surface area contributed by atoms with Crippen LogP contribution in [0.15, 0.2) is 48.8 Å². The van der Waals surface area contributed by atoms with E-state index in [0.29, 0.717) is 0 Å². The van der Waals surface area contributed by atoms with E-state index in [2.05, 4.69) is 10.3 Å². The van der Waals surface area contributed by atoms with Crippen molar-refractivity contribution in [3.63, 3.8) is 0 Å². The molecule has 0 aliphatic heterocycles. The van der Waals surface area contributed by atoms with Gasteiger partial charge in [-0.3, -0.25) is 0 Å². The Balaban J connectivity index is 2.22. The van der Waals surface area contributed by atoms with Crippen LogP contribution in [0.2, 0.25) is 0 Å². The van der Waals surface area contributed by atoms with E-state index in [1.165, 1.54) is 0 Å². The average molecular weight is 211 g/mol. The minimum atomic E-state index is 0.277. The smallest absolute Gasteiger partial charge is 0.123 e. The van der Waals surface area contributed by atoms with Crippen LogP contribution in [0.4, 0.5) is 0 Å². The van der Waals surface area contributed by atoms with Gasteiger partial charge in [0.05, 0.1) is 11.7 Å². The highest BCUT2D eigenvalue weighted by Gasteiger charge is 2.04. The van der Waals surface area contributed by atoms with E-state index in [-0.39, 0.29) is 5.75 Å². The molecule has 2 aromatic heterocycles. The highest BCUT2D eigenvalue weighted by molar-refractivity contribution is 5.73. The number of benzene rings is 1. The number of pyridine rings is 1. The molecule has 0 aliphatic carbocycles. The molecule has 0 bridgehead atoms. The molecule has 16 heavy (non-hydrogen) atoms. The summed E-state index contributed by atoms with van der Waals surface area (Å²) in [5.74, 6) is 0.277. The van der Waals surface area contributed by atoms with Gasteiger partial charge < -0.3 is 5.11 Å². The fourth-order valence-electron chi connectivity index (χ4n) is 1.71. The van der Waals surface area contributed by atoms with Gasteiger partial charge >= 0.3 is 0 Å². The van der Waals surface area contributed by atoms with Crippen molar-refractivity contribution in [1.82, 2.24) is 14.8 Å². The second-order valence-electron chi connectivity index (χ2n) is 3.54. The molecule has 0 unspecified atom stereocenters. The molecule has 1 aromatic carbocycles. The molecule has 0 saturated heterocycles. The van der Waals surface area contributed by atoms with E-state index in [9.17, 15) is 5.11 Å². The first-order chi connectivity index (χ1) is 7.84. The van der Waals surface area contributed by atoms with Gasteiger partial charge in [-0.05, 0) is 23.8 Å². The van der Waals surface area contributed by atoms with Gasteiger partial charge in [0, 0.05) is 11.8 Å². The Morgan fingerprint density at radius 2 is 2.00 bits per heavy atom. The lowest BCUT2D eigenvalue weighted by Gasteiger charge is -2.04. The number of rotatable bonds is 1. The Hall–Kier alpha value is -2.36. The third-order valence-electron chi connectivity index (χ3n) is 2.52. The molecule has 2 heterocycles. The molecule has 3 aromatic rings. The topological polar surface area (TPSA) is 50.4 Å². The Morgan fingerprint density at radius 1 is 1.12 bits per heavy atom. The summed E-state index contributed by atoms with van der Waals surface area (Å²) in [5, 5.41) is 17.4. The summed E-state index contributed by atoms with van der Waals surface area (Å²) in [5.41, 5.74) is 2.67. The summed E-state index contributed by atoms with van der Waals surface area (Å²) >= 11 is 0. The quantitative estimate of drug-likeness (QED) is 0.670. The lowest BCUT2D eigenvalue weighted by atomic mass is 10.1. The number of hydrogen-bond acceptors (Lipinski definition) is 3. The lowest BCUT2D eigenvalue weighted by molar-refractivity contribution is 0.477. The van der Waals surface area contributed by atoms with Crippen LogP contribution < -0.4 is 0 Å². The van der Waals surface area contributed by atoms with Crippen molar-refractivity contribution in [1.29, 1.82) is 0 Å². The summed E-state index contributed by atoms with van der Waals surface area (Å²) in [6.07, 6.45) is 3.51. The van der Waals surface area contributed by atoms with Gasteiger partial charge in [-0.15, -0.1) is 5.10 Å². The fourth-order valence-corrected chi connectivity index (χ4v) is 1.71. The maximum Gasteiger partial charge on any atom is 0.123 e. The molecular weight excluding hydrogens is 202 g/mol. The number of nitrogens with zero attached hydrogens (tertiary/aromatic N) is 3. The fraction of sp³-hybridized carbons (Fsp3) is 0. The van der Waals surface area contributed by atoms with Crippen LogP contribution in [0.5, 0.6) is 5.75 Å². The maximum atomic E-state index is 9.75. The molecule has 0 radical (unpaired) electrons. The first kappa shape index (κ1) is 8.91. The van der Waals surface area contributed by atoms with Crippen LogP contribution in [0.1, 0.15) is 0 Å². The van der Waals surface area contributed by atoms with E-state index in [1.54, 1.807) is 22.8 Å². The number of fused-ring (bicyclic) bond motifs is 1. The monoisotopic (exact) mass is 211 g/mol. The highest BCUT2D eigenvalue weighted by atomic mass is 16.3. The van der Waals surface area contributed by atoms with Crippen molar-refractivity contribution >= 4 is 5.52 Å². The number of aromatic nitrogens is 3. The second kappa shape index (κ2) is 3.34. The van der Waals surface area contributed by atoms with E-state index in [0.717, 1.165) is 16.6 Å². The van der Waals surface area contributed by atoms with E-state index < -0.39 is 0 Å². The van der Waals surface area contributed by atoms with Crippen molar-refractivity contribution in [3.8, 4) is 16.9 Å². The van der Waals surface area contributed by atoms with Crippen molar-refractivity contribution in [2.45, 2.75) is 0 Å². The summed E-state index contributed by atoms with van der Waals surface area (Å²) in [7, 11) is 0. The Bertz CT molecular complexity index is 645. The molecule has 0 spiro atoms. The summed E-state index contributed by atoms with van der Waals surface area (Å²) in [6.45, 7) is 0. The van der Waals surface area contributed by atoms with Gasteiger partial charge in [0.25, 0.3) is 0 Å². The summed E-state index contributed by atoms with van der Waals surface area (Å²) in [6, 6.07) is 11.1. The van der Waals surface area contributed by atoms with Gasteiger partial charge in [-0.25, -0.2) is 4.52 Å². The predicted octanol–water partition coefficient (Wildman–Crippen LogP) is 2.10. The largest absolute Gasteiger partial charge is 0.507 e. The van der Waals surface area contributed by atoms with Crippen molar-refractivity contribution in [2.75, 3.05) is 0 Å². The zero-order chi connectivity index (χ0) is 11.0. The zero-order valence-corrected chi connectivity index (χ0v) is 8.41. The molecule has 0 fully saturated rings. The number of phenols is 1. The molecule has 4 heteroatoms. The number of phenolic OH excluding ortho intramolecular Hbond substituents is 1. The van der Waals surface area contributed by atoms with E-state index in [1.807, 2.05) is 30.5 Å². The Morgan fingerprint density at radius 3 is 2.88 bits per heavy atom. The van der Waals surface area contributed by atoms with Crippen LogP contribution >= 0.6 is 0 Å². The third kappa shape index (κ3) is 1.32. The van der Waals surface area contributed by atoms with Crippen molar-refractivity contribution < 1.29 is 5.11 Å². The standard InChI is InChI=1S/C12H9N3O/c16-12-4-2-1-3-11(12)9-5-6-15-10(7-9)8-13-14-15/h1-8,16H. The molecule has 0 saturated carbocycles. The van der Waals surface area contributed by atoms with Crippen LogP contribution in [0.3, 0.4) is 0 Å². The first-order valence-electron chi connectivity index (χ1n) is 4.93. The minimum Gasteiger partial charge on any atom is -0.507 e.